The van der Waals surface area contributed by atoms with Crippen LogP contribution >= 0.6 is 11.6 Å². The minimum absolute atomic E-state index is 0.382. The van der Waals surface area contributed by atoms with Crippen molar-refractivity contribution in [1.82, 2.24) is 5.32 Å². The summed E-state index contributed by atoms with van der Waals surface area (Å²) < 4.78 is 0. The van der Waals surface area contributed by atoms with Gasteiger partial charge in [-0.2, -0.15) is 0 Å². The molecule has 0 aliphatic carbocycles. The van der Waals surface area contributed by atoms with Crippen LogP contribution in [0.4, 0.5) is 0 Å². The molecule has 0 aromatic heterocycles. The number of hydrogen-bond donors (Lipinski definition) is 1. The van der Waals surface area contributed by atoms with Crippen molar-refractivity contribution in [2.75, 3.05) is 6.54 Å². The summed E-state index contributed by atoms with van der Waals surface area (Å²) in [6.07, 6.45) is 3.65. The maximum Gasteiger partial charge on any atom is 0.0456 e. The van der Waals surface area contributed by atoms with Crippen LogP contribution in [-0.2, 0) is 0 Å². The zero-order valence-corrected chi connectivity index (χ0v) is 12.8. The highest BCUT2D eigenvalue weighted by Crippen LogP contribution is 2.30. The first-order valence-electron chi connectivity index (χ1n) is 7.11. The van der Waals surface area contributed by atoms with Gasteiger partial charge < -0.3 is 5.32 Å². The van der Waals surface area contributed by atoms with Gasteiger partial charge in [0, 0.05) is 11.1 Å². The fourth-order valence-electron chi connectivity index (χ4n) is 2.44. The Bertz CT molecular complexity index is 358. The summed E-state index contributed by atoms with van der Waals surface area (Å²) in [6, 6.07) is 6.77. The average Bonchev–Trinajstić information content (AvgIpc) is 2.35. The van der Waals surface area contributed by atoms with E-state index in [-0.39, 0.29) is 0 Å². The Labute approximate surface area is 117 Å². The van der Waals surface area contributed by atoms with Gasteiger partial charge in [-0.25, -0.2) is 0 Å². The van der Waals surface area contributed by atoms with Gasteiger partial charge in [0.2, 0.25) is 0 Å². The first-order valence-corrected chi connectivity index (χ1v) is 7.49. The second kappa shape index (κ2) is 7.81. The third-order valence-corrected chi connectivity index (χ3v) is 4.03. The lowest BCUT2D eigenvalue weighted by atomic mass is 9.90. The molecule has 1 atom stereocenters. The SMILES string of the molecule is CCNC(CC(CC)CC)c1ccc(C)cc1Cl. The number of benzene rings is 1. The van der Waals surface area contributed by atoms with Crippen LogP contribution < -0.4 is 5.32 Å². The normalized spacial score (nSPS) is 13.0. The van der Waals surface area contributed by atoms with Gasteiger partial charge in [0.1, 0.15) is 0 Å². The maximum absolute atomic E-state index is 6.39. The minimum atomic E-state index is 0.382. The lowest BCUT2D eigenvalue weighted by molar-refractivity contribution is 0.375. The Hall–Kier alpha value is -0.530. The fraction of sp³-hybridized carbons (Fsp3) is 0.625. The van der Waals surface area contributed by atoms with Crippen molar-refractivity contribution in [3.8, 4) is 0 Å². The Kier molecular flexibility index (Phi) is 6.73. The van der Waals surface area contributed by atoms with Gasteiger partial charge >= 0.3 is 0 Å². The molecule has 18 heavy (non-hydrogen) atoms. The van der Waals surface area contributed by atoms with Crippen LogP contribution in [0.2, 0.25) is 5.02 Å². The molecule has 0 saturated carbocycles. The highest BCUT2D eigenvalue weighted by molar-refractivity contribution is 6.31. The molecule has 0 radical (unpaired) electrons. The van der Waals surface area contributed by atoms with Gasteiger partial charge in [-0.15, -0.1) is 0 Å². The molecule has 1 unspecified atom stereocenters. The van der Waals surface area contributed by atoms with E-state index in [4.69, 9.17) is 11.6 Å². The van der Waals surface area contributed by atoms with Crippen LogP contribution in [0.25, 0.3) is 0 Å². The quantitative estimate of drug-likeness (QED) is 0.723. The monoisotopic (exact) mass is 267 g/mol. The second-order valence-electron chi connectivity index (χ2n) is 5.05. The molecule has 1 aromatic rings. The summed E-state index contributed by atoms with van der Waals surface area (Å²) in [5, 5.41) is 4.47. The summed E-state index contributed by atoms with van der Waals surface area (Å²) in [5.41, 5.74) is 2.47. The summed E-state index contributed by atoms with van der Waals surface area (Å²) in [4.78, 5) is 0. The van der Waals surface area contributed by atoms with Gasteiger partial charge in [0.05, 0.1) is 0 Å². The molecular formula is C16H26ClN. The molecule has 0 spiro atoms. The van der Waals surface area contributed by atoms with Crippen LogP contribution in [-0.4, -0.2) is 6.54 Å². The van der Waals surface area contributed by atoms with Crippen molar-refractivity contribution < 1.29 is 0 Å². The summed E-state index contributed by atoms with van der Waals surface area (Å²) >= 11 is 6.39. The molecule has 0 amide bonds. The van der Waals surface area contributed by atoms with Crippen molar-refractivity contribution in [3.63, 3.8) is 0 Å². The fourth-order valence-corrected chi connectivity index (χ4v) is 2.80. The molecule has 0 bridgehead atoms. The van der Waals surface area contributed by atoms with Crippen molar-refractivity contribution >= 4 is 11.6 Å². The molecule has 0 heterocycles. The molecule has 102 valence electrons. The molecule has 0 saturated heterocycles. The Morgan fingerprint density at radius 2 is 1.83 bits per heavy atom. The number of nitrogens with one attached hydrogen (secondary N) is 1. The first-order chi connectivity index (χ1) is 8.62. The van der Waals surface area contributed by atoms with Crippen LogP contribution in [0.3, 0.4) is 0 Å². The van der Waals surface area contributed by atoms with E-state index in [1.54, 1.807) is 0 Å². The molecule has 0 fully saturated rings. The molecule has 2 heteroatoms. The number of halogens is 1. The third-order valence-electron chi connectivity index (χ3n) is 3.71. The molecule has 0 aliphatic rings. The molecule has 0 aliphatic heterocycles. The van der Waals surface area contributed by atoms with Crippen LogP contribution in [0.5, 0.6) is 0 Å². The Morgan fingerprint density at radius 3 is 2.33 bits per heavy atom. The lowest BCUT2D eigenvalue weighted by Crippen LogP contribution is -2.23. The third kappa shape index (κ3) is 4.29. The molecular weight excluding hydrogens is 242 g/mol. The van der Waals surface area contributed by atoms with E-state index in [1.807, 2.05) is 0 Å². The zero-order chi connectivity index (χ0) is 13.5. The summed E-state index contributed by atoms with van der Waals surface area (Å²) in [7, 11) is 0. The lowest BCUT2D eigenvalue weighted by Gasteiger charge is -2.24. The largest absolute Gasteiger partial charge is 0.310 e. The van der Waals surface area contributed by atoms with Crippen LogP contribution in [0, 0.1) is 12.8 Å². The van der Waals surface area contributed by atoms with E-state index < -0.39 is 0 Å². The van der Waals surface area contributed by atoms with Gasteiger partial charge in [0.25, 0.3) is 0 Å². The van der Waals surface area contributed by atoms with E-state index in [0.717, 1.165) is 17.5 Å². The van der Waals surface area contributed by atoms with Crippen molar-refractivity contribution in [2.24, 2.45) is 5.92 Å². The predicted octanol–water partition coefficient (Wildman–Crippen LogP) is 5.13. The standard InChI is InChI=1S/C16H26ClN/c1-5-13(6-2)11-16(18-7-3)14-9-8-12(4)10-15(14)17/h8-10,13,16,18H,5-7,11H2,1-4H3. The molecule has 1 N–H and O–H groups in total. The molecule has 1 aromatic carbocycles. The summed E-state index contributed by atoms with van der Waals surface area (Å²) in [5.74, 6) is 0.770. The highest BCUT2D eigenvalue weighted by Gasteiger charge is 2.17. The van der Waals surface area contributed by atoms with Crippen LogP contribution in [0.15, 0.2) is 18.2 Å². The van der Waals surface area contributed by atoms with Gasteiger partial charge in [-0.05, 0) is 43.0 Å². The van der Waals surface area contributed by atoms with Gasteiger partial charge in [-0.1, -0.05) is 57.3 Å². The van der Waals surface area contributed by atoms with E-state index in [2.05, 4.69) is 51.2 Å². The van der Waals surface area contributed by atoms with Crippen LogP contribution in [0.1, 0.15) is 57.2 Å². The zero-order valence-electron chi connectivity index (χ0n) is 12.1. The van der Waals surface area contributed by atoms with Crippen molar-refractivity contribution in [1.29, 1.82) is 0 Å². The predicted molar refractivity (Wildman–Crippen MR) is 81.3 cm³/mol. The molecule has 1 nitrogen and oxygen atoms in total. The summed E-state index contributed by atoms with van der Waals surface area (Å²) in [6.45, 7) is 9.76. The average molecular weight is 268 g/mol. The van der Waals surface area contributed by atoms with E-state index in [1.165, 1.54) is 30.4 Å². The van der Waals surface area contributed by atoms with Gasteiger partial charge in [0.15, 0.2) is 0 Å². The minimum Gasteiger partial charge on any atom is -0.310 e. The highest BCUT2D eigenvalue weighted by atomic mass is 35.5. The van der Waals surface area contributed by atoms with E-state index in [9.17, 15) is 0 Å². The Morgan fingerprint density at radius 1 is 1.17 bits per heavy atom. The van der Waals surface area contributed by atoms with Crippen molar-refractivity contribution in [3.05, 3.63) is 34.3 Å². The van der Waals surface area contributed by atoms with Gasteiger partial charge in [-0.3, -0.25) is 0 Å². The van der Waals surface area contributed by atoms with Crippen molar-refractivity contribution in [2.45, 2.75) is 53.0 Å². The molecule has 1 rings (SSSR count). The number of hydrogen-bond acceptors (Lipinski definition) is 1. The smallest absolute Gasteiger partial charge is 0.0456 e. The topological polar surface area (TPSA) is 12.0 Å². The number of aryl methyl sites for hydroxylation is 1. The number of rotatable bonds is 7. The first kappa shape index (κ1) is 15.5. The second-order valence-corrected chi connectivity index (χ2v) is 5.46. The van der Waals surface area contributed by atoms with E-state index >= 15 is 0 Å². The maximum atomic E-state index is 6.39. The van der Waals surface area contributed by atoms with E-state index in [0.29, 0.717) is 6.04 Å². The Balaban J connectivity index is 2.89.